The van der Waals surface area contributed by atoms with Crippen molar-refractivity contribution in [3.05, 3.63) is 24.3 Å². The summed E-state index contributed by atoms with van der Waals surface area (Å²) in [5.74, 6) is 5.88. The molecule has 0 radical (unpaired) electrons. The molecular formula is C36H62O2. The van der Waals surface area contributed by atoms with Gasteiger partial charge in [-0.25, -0.2) is 0 Å². The average Bonchev–Trinajstić information content (AvgIpc) is 2.96. The Morgan fingerprint density at radius 1 is 0.447 bits per heavy atom. The van der Waals surface area contributed by atoms with Crippen LogP contribution < -0.4 is 9.47 Å². The first kappa shape index (κ1) is 31.3. The van der Waals surface area contributed by atoms with Crippen LogP contribution in [0.2, 0.25) is 0 Å². The van der Waals surface area contributed by atoms with Crippen LogP contribution in [0.3, 0.4) is 0 Å². The van der Waals surface area contributed by atoms with Gasteiger partial charge in [0.05, 0.1) is 13.2 Å². The van der Waals surface area contributed by atoms with Crippen molar-refractivity contribution in [3.8, 4) is 11.5 Å². The van der Waals surface area contributed by atoms with Gasteiger partial charge in [0.25, 0.3) is 0 Å². The normalized spacial score (nSPS) is 23.8. The third-order valence-corrected chi connectivity index (χ3v) is 9.74. The van der Waals surface area contributed by atoms with E-state index >= 15 is 0 Å². The molecule has 2 aliphatic carbocycles. The van der Waals surface area contributed by atoms with Crippen molar-refractivity contribution in [2.24, 2.45) is 23.7 Å². The molecule has 0 atom stereocenters. The Kier molecular flexibility index (Phi) is 16.3. The minimum atomic E-state index is 0.845. The van der Waals surface area contributed by atoms with Crippen molar-refractivity contribution in [2.75, 3.05) is 13.2 Å². The summed E-state index contributed by atoms with van der Waals surface area (Å²) in [4.78, 5) is 0. The fourth-order valence-electron chi connectivity index (χ4n) is 7.09. The molecule has 0 aliphatic heterocycles. The third kappa shape index (κ3) is 13.3. The molecule has 0 amide bonds. The van der Waals surface area contributed by atoms with Crippen LogP contribution in [-0.2, 0) is 0 Å². The Balaban J connectivity index is 1.16. The monoisotopic (exact) mass is 526 g/mol. The molecule has 0 heterocycles. The van der Waals surface area contributed by atoms with Gasteiger partial charge >= 0.3 is 0 Å². The molecule has 0 N–H and O–H groups in total. The number of ether oxygens (including phenoxy) is 2. The van der Waals surface area contributed by atoms with E-state index in [1.807, 2.05) is 0 Å². The molecular weight excluding hydrogens is 464 g/mol. The average molecular weight is 527 g/mol. The highest BCUT2D eigenvalue weighted by atomic mass is 16.5. The summed E-state index contributed by atoms with van der Waals surface area (Å²) in [6, 6.07) is 8.34. The van der Waals surface area contributed by atoms with E-state index in [1.54, 1.807) is 0 Å². The zero-order valence-corrected chi connectivity index (χ0v) is 25.4. The minimum Gasteiger partial charge on any atom is -0.494 e. The first-order valence-electron chi connectivity index (χ1n) is 17.1. The van der Waals surface area contributed by atoms with Crippen LogP contribution in [0.5, 0.6) is 11.5 Å². The molecule has 1 aromatic carbocycles. The van der Waals surface area contributed by atoms with E-state index in [4.69, 9.17) is 9.47 Å². The summed E-state index contributed by atoms with van der Waals surface area (Å²) in [5, 5.41) is 0. The lowest BCUT2D eigenvalue weighted by molar-refractivity contribution is 0.226. The molecule has 0 bridgehead atoms. The highest BCUT2D eigenvalue weighted by molar-refractivity contribution is 5.31. The fraction of sp³-hybridized carbons (Fsp3) is 0.833. The molecule has 3 rings (SSSR count). The third-order valence-electron chi connectivity index (χ3n) is 9.74. The van der Waals surface area contributed by atoms with Gasteiger partial charge in [0, 0.05) is 0 Å². The molecule has 0 aromatic heterocycles. The smallest absolute Gasteiger partial charge is 0.119 e. The maximum absolute atomic E-state index is 6.04. The zero-order chi connectivity index (χ0) is 26.7. The molecule has 0 spiro atoms. The minimum absolute atomic E-state index is 0.845. The second-order valence-corrected chi connectivity index (χ2v) is 12.9. The first-order valence-corrected chi connectivity index (χ1v) is 17.1. The van der Waals surface area contributed by atoms with Gasteiger partial charge in [-0.15, -0.1) is 0 Å². The topological polar surface area (TPSA) is 18.5 Å². The lowest BCUT2D eigenvalue weighted by Gasteiger charge is -2.28. The Morgan fingerprint density at radius 2 is 0.763 bits per heavy atom. The predicted octanol–water partition coefficient (Wildman–Crippen LogP) is 11.6. The van der Waals surface area contributed by atoms with Crippen LogP contribution in [0.15, 0.2) is 24.3 Å². The van der Waals surface area contributed by atoms with E-state index in [9.17, 15) is 0 Å². The van der Waals surface area contributed by atoms with E-state index in [0.29, 0.717) is 0 Å². The number of benzene rings is 1. The summed E-state index contributed by atoms with van der Waals surface area (Å²) in [6.45, 7) is 6.31. The van der Waals surface area contributed by atoms with E-state index in [2.05, 4.69) is 38.1 Å². The number of hydrogen-bond acceptors (Lipinski definition) is 2. The van der Waals surface area contributed by atoms with Crippen LogP contribution in [0, 0.1) is 23.7 Å². The lowest BCUT2D eigenvalue weighted by atomic mass is 9.78. The van der Waals surface area contributed by atoms with E-state index in [-0.39, 0.29) is 0 Å². The highest BCUT2D eigenvalue weighted by Gasteiger charge is 2.21. The van der Waals surface area contributed by atoms with Gasteiger partial charge in [-0.1, -0.05) is 129 Å². The Labute approximate surface area is 237 Å². The summed E-state index contributed by atoms with van der Waals surface area (Å²) in [7, 11) is 0. The molecule has 2 fully saturated rings. The second-order valence-electron chi connectivity index (χ2n) is 12.9. The fourth-order valence-corrected chi connectivity index (χ4v) is 7.09. The maximum atomic E-state index is 6.04. The summed E-state index contributed by atoms with van der Waals surface area (Å²) in [6.07, 6.45) is 31.1. The van der Waals surface area contributed by atoms with E-state index in [0.717, 1.165) is 48.4 Å². The van der Waals surface area contributed by atoms with Gasteiger partial charge in [0.15, 0.2) is 0 Å². The van der Waals surface area contributed by atoms with E-state index < -0.39 is 0 Å². The zero-order valence-electron chi connectivity index (χ0n) is 25.4. The van der Waals surface area contributed by atoms with Crippen LogP contribution in [0.1, 0.15) is 155 Å². The molecule has 2 saturated carbocycles. The second kappa shape index (κ2) is 19.8. The van der Waals surface area contributed by atoms with Gasteiger partial charge in [0.1, 0.15) is 11.5 Å². The van der Waals surface area contributed by atoms with Crippen molar-refractivity contribution in [2.45, 2.75) is 155 Å². The number of hydrogen-bond donors (Lipinski definition) is 0. The molecule has 2 aliphatic rings. The SMILES string of the molecule is CCCCCC[C@H]1CC[C@H](CCCOc2ccc(OCCC[C@H]3CC[C@H](CCCCCC)CC3)cc2)CC1. The van der Waals surface area contributed by atoms with Crippen molar-refractivity contribution < 1.29 is 9.47 Å². The molecule has 2 heteroatoms. The maximum Gasteiger partial charge on any atom is 0.119 e. The van der Waals surface area contributed by atoms with Crippen molar-refractivity contribution in [1.82, 2.24) is 0 Å². The highest BCUT2D eigenvalue weighted by Crippen LogP contribution is 2.35. The van der Waals surface area contributed by atoms with E-state index in [1.165, 1.54) is 141 Å². The van der Waals surface area contributed by atoms with Gasteiger partial charge in [-0.2, -0.15) is 0 Å². The molecule has 0 saturated heterocycles. The Bertz CT molecular complexity index is 608. The molecule has 38 heavy (non-hydrogen) atoms. The van der Waals surface area contributed by atoms with Crippen molar-refractivity contribution in [1.29, 1.82) is 0 Å². The van der Waals surface area contributed by atoms with Gasteiger partial charge < -0.3 is 9.47 Å². The predicted molar refractivity (Wildman–Crippen MR) is 164 cm³/mol. The molecule has 0 unspecified atom stereocenters. The summed E-state index contributed by atoms with van der Waals surface area (Å²) >= 11 is 0. The first-order chi connectivity index (χ1) is 18.8. The van der Waals surface area contributed by atoms with Crippen molar-refractivity contribution in [3.63, 3.8) is 0 Å². The molecule has 1 aromatic rings. The summed E-state index contributed by atoms with van der Waals surface area (Å²) in [5.41, 5.74) is 0. The largest absolute Gasteiger partial charge is 0.494 e. The number of rotatable bonds is 20. The number of unbranched alkanes of at least 4 members (excludes halogenated alkanes) is 6. The van der Waals surface area contributed by atoms with Crippen LogP contribution in [-0.4, -0.2) is 13.2 Å². The van der Waals surface area contributed by atoms with Gasteiger partial charge in [0.2, 0.25) is 0 Å². The van der Waals surface area contributed by atoms with Crippen LogP contribution >= 0.6 is 0 Å². The van der Waals surface area contributed by atoms with Crippen molar-refractivity contribution >= 4 is 0 Å². The standard InChI is InChI=1S/C36H62O2/c1-3-5-7-9-13-31-17-21-33(22-18-31)15-11-29-37-35-25-27-36(28-26-35)38-30-12-16-34-23-19-32(20-24-34)14-10-8-6-4-2/h25-28,31-34H,3-24,29-30H2,1-2H3/t31-,32-,33-,34-. The Hall–Kier alpha value is -1.18. The lowest BCUT2D eigenvalue weighted by Crippen LogP contribution is -2.15. The molecule has 2 nitrogen and oxygen atoms in total. The molecule has 218 valence electrons. The Morgan fingerprint density at radius 3 is 1.08 bits per heavy atom. The van der Waals surface area contributed by atoms with Crippen LogP contribution in [0.25, 0.3) is 0 Å². The summed E-state index contributed by atoms with van der Waals surface area (Å²) < 4.78 is 12.1. The quantitative estimate of drug-likeness (QED) is 0.157. The van der Waals surface area contributed by atoms with Gasteiger partial charge in [-0.05, 0) is 73.6 Å². The van der Waals surface area contributed by atoms with Gasteiger partial charge in [-0.3, -0.25) is 0 Å². The van der Waals surface area contributed by atoms with Crippen LogP contribution in [0.4, 0.5) is 0 Å².